The molecule has 1 nitrogen and oxygen atoms in total. The minimum atomic E-state index is 0.141. The van der Waals surface area contributed by atoms with Crippen LogP contribution in [0.2, 0.25) is 0 Å². The summed E-state index contributed by atoms with van der Waals surface area (Å²) in [7, 11) is 0. The van der Waals surface area contributed by atoms with E-state index in [1.54, 1.807) is 0 Å². The molecule has 0 saturated heterocycles. The summed E-state index contributed by atoms with van der Waals surface area (Å²) in [4.78, 5) is 0. The number of ether oxygens (including phenoxy) is 1. The molecular formula is C14H18O. The van der Waals surface area contributed by atoms with E-state index in [9.17, 15) is 0 Å². The first-order valence-corrected chi connectivity index (χ1v) is 5.12. The molecule has 0 aromatic heterocycles. The van der Waals surface area contributed by atoms with Gasteiger partial charge in [0.05, 0.1) is 0 Å². The molecule has 0 amide bonds. The zero-order valence-electron chi connectivity index (χ0n) is 9.92. The lowest BCUT2D eigenvalue weighted by atomic mass is 9.86. The second-order valence-corrected chi connectivity index (χ2v) is 4.72. The Balaban J connectivity index is 3.01. The Morgan fingerprint density at radius 2 is 2.00 bits per heavy atom. The van der Waals surface area contributed by atoms with Gasteiger partial charge in [-0.1, -0.05) is 38.8 Å². The third-order valence-corrected chi connectivity index (χ3v) is 2.37. The van der Waals surface area contributed by atoms with Gasteiger partial charge in [-0.25, -0.2) is 0 Å². The zero-order chi connectivity index (χ0) is 11.5. The standard InChI is InChI=1S/C14H18O/c1-6-9-15-13-10-12(14(3,4)5)8-7-11(13)2/h1,7-8,10H,9H2,2-5H3. The maximum absolute atomic E-state index is 5.49. The summed E-state index contributed by atoms with van der Waals surface area (Å²) >= 11 is 0. The van der Waals surface area contributed by atoms with E-state index in [-0.39, 0.29) is 5.41 Å². The summed E-state index contributed by atoms with van der Waals surface area (Å²) in [5.74, 6) is 3.37. The summed E-state index contributed by atoms with van der Waals surface area (Å²) in [6.45, 7) is 8.90. The molecule has 1 rings (SSSR count). The van der Waals surface area contributed by atoms with Gasteiger partial charge in [0, 0.05) is 0 Å². The molecule has 80 valence electrons. The Morgan fingerprint density at radius 1 is 1.33 bits per heavy atom. The van der Waals surface area contributed by atoms with Gasteiger partial charge in [0.15, 0.2) is 0 Å². The number of hydrogen-bond donors (Lipinski definition) is 0. The summed E-state index contributed by atoms with van der Waals surface area (Å²) in [6, 6.07) is 6.29. The van der Waals surface area contributed by atoms with Gasteiger partial charge in [0.25, 0.3) is 0 Å². The van der Waals surface area contributed by atoms with E-state index in [1.165, 1.54) is 5.56 Å². The highest BCUT2D eigenvalue weighted by molar-refractivity contribution is 5.39. The molecule has 15 heavy (non-hydrogen) atoms. The monoisotopic (exact) mass is 202 g/mol. The molecule has 0 fully saturated rings. The molecule has 0 unspecified atom stereocenters. The van der Waals surface area contributed by atoms with Crippen LogP contribution in [0.5, 0.6) is 5.75 Å². The maximum atomic E-state index is 5.49. The van der Waals surface area contributed by atoms with Crippen molar-refractivity contribution in [2.24, 2.45) is 0 Å². The molecule has 0 aliphatic carbocycles. The predicted octanol–water partition coefficient (Wildman–Crippen LogP) is 3.30. The first kappa shape index (κ1) is 11.7. The van der Waals surface area contributed by atoms with E-state index in [0.717, 1.165) is 11.3 Å². The Kier molecular flexibility index (Phi) is 3.42. The third kappa shape index (κ3) is 3.02. The molecule has 0 bridgehead atoms. The average molecular weight is 202 g/mol. The van der Waals surface area contributed by atoms with E-state index >= 15 is 0 Å². The van der Waals surface area contributed by atoms with Gasteiger partial charge in [-0.2, -0.15) is 0 Å². The van der Waals surface area contributed by atoms with Crippen molar-refractivity contribution < 1.29 is 4.74 Å². The highest BCUT2D eigenvalue weighted by atomic mass is 16.5. The summed E-state index contributed by atoms with van der Waals surface area (Å²) in [6.07, 6.45) is 5.18. The smallest absolute Gasteiger partial charge is 0.148 e. The lowest BCUT2D eigenvalue weighted by Crippen LogP contribution is -2.11. The molecule has 1 aromatic rings. The third-order valence-electron chi connectivity index (χ3n) is 2.37. The molecular weight excluding hydrogens is 184 g/mol. The molecule has 1 heteroatoms. The molecule has 0 N–H and O–H groups in total. The van der Waals surface area contributed by atoms with Crippen LogP contribution in [0.4, 0.5) is 0 Å². The van der Waals surface area contributed by atoms with Gasteiger partial charge in [-0.15, -0.1) is 6.42 Å². The number of terminal acetylenes is 1. The Labute approximate surface area is 92.5 Å². The number of aryl methyl sites for hydroxylation is 1. The van der Waals surface area contributed by atoms with Crippen LogP contribution in [0.3, 0.4) is 0 Å². The van der Waals surface area contributed by atoms with Gasteiger partial charge >= 0.3 is 0 Å². The number of rotatable bonds is 2. The Hall–Kier alpha value is -1.42. The Bertz CT molecular complexity index is 377. The second kappa shape index (κ2) is 4.40. The summed E-state index contributed by atoms with van der Waals surface area (Å²) in [5, 5.41) is 0. The summed E-state index contributed by atoms with van der Waals surface area (Å²) < 4.78 is 5.49. The maximum Gasteiger partial charge on any atom is 0.148 e. The molecule has 0 aliphatic rings. The van der Waals surface area contributed by atoms with Gasteiger partial charge in [-0.05, 0) is 29.5 Å². The molecule has 0 heterocycles. The molecule has 0 radical (unpaired) electrons. The second-order valence-electron chi connectivity index (χ2n) is 4.72. The van der Waals surface area contributed by atoms with Crippen molar-refractivity contribution in [3.05, 3.63) is 29.3 Å². The van der Waals surface area contributed by atoms with Crippen LogP contribution >= 0.6 is 0 Å². The van der Waals surface area contributed by atoms with Crippen molar-refractivity contribution in [2.75, 3.05) is 6.61 Å². The lowest BCUT2D eigenvalue weighted by Gasteiger charge is -2.20. The molecule has 1 aromatic carbocycles. The van der Waals surface area contributed by atoms with Crippen molar-refractivity contribution in [1.29, 1.82) is 0 Å². The molecule has 0 aliphatic heterocycles. The first-order valence-electron chi connectivity index (χ1n) is 5.12. The van der Waals surface area contributed by atoms with E-state index < -0.39 is 0 Å². The van der Waals surface area contributed by atoms with E-state index in [0.29, 0.717) is 6.61 Å². The van der Waals surface area contributed by atoms with Crippen LogP contribution in [0.15, 0.2) is 18.2 Å². The Morgan fingerprint density at radius 3 is 2.53 bits per heavy atom. The van der Waals surface area contributed by atoms with Crippen LogP contribution in [-0.2, 0) is 5.41 Å². The predicted molar refractivity (Wildman–Crippen MR) is 64.2 cm³/mol. The van der Waals surface area contributed by atoms with Gasteiger partial charge in [0.2, 0.25) is 0 Å². The molecule has 0 spiro atoms. The highest BCUT2D eigenvalue weighted by Crippen LogP contribution is 2.28. The quantitative estimate of drug-likeness (QED) is 0.669. The van der Waals surface area contributed by atoms with Crippen molar-refractivity contribution in [3.63, 3.8) is 0 Å². The zero-order valence-corrected chi connectivity index (χ0v) is 9.92. The fourth-order valence-corrected chi connectivity index (χ4v) is 1.34. The first-order chi connectivity index (χ1) is 6.95. The number of hydrogen-bond acceptors (Lipinski definition) is 1. The molecule has 0 saturated carbocycles. The van der Waals surface area contributed by atoms with E-state index in [4.69, 9.17) is 11.2 Å². The van der Waals surface area contributed by atoms with Crippen molar-refractivity contribution in [1.82, 2.24) is 0 Å². The van der Waals surface area contributed by atoms with Crippen molar-refractivity contribution >= 4 is 0 Å². The normalized spacial score (nSPS) is 10.9. The fraction of sp³-hybridized carbons (Fsp3) is 0.429. The minimum Gasteiger partial charge on any atom is -0.481 e. The average Bonchev–Trinajstić information content (AvgIpc) is 2.15. The largest absolute Gasteiger partial charge is 0.481 e. The topological polar surface area (TPSA) is 9.23 Å². The fourth-order valence-electron chi connectivity index (χ4n) is 1.34. The highest BCUT2D eigenvalue weighted by Gasteiger charge is 2.14. The number of benzene rings is 1. The summed E-state index contributed by atoms with van der Waals surface area (Å²) in [5.41, 5.74) is 2.53. The van der Waals surface area contributed by atoms with Gasteiger partial charge in [0.1, 0.15) is 12.4 Å². The molecule has 0 atom stereocenters. The van der Waals surface area contributed by atoms with E-state index in [2.05, 4.69) is 44.9 Å². The van der Waals surface area contributed by atoms with Crippen LogP contribution < -0.4 is 4.74 Å². The van der Waals surface area contributed by atoms with Gasteiger partial charge in [-0.3, -0.25) is 0 Å². The lowest BCUT2D eigenvalue weighted by molar-refractivity contribution is 0.366. The van der Waals surface area contributed by atoms with Crippen molar-refractivity contribution in [3.8, 4) is 18.1 Å². The van der Waals surface area contributed by atoms with Gasteiger partial charge < -0.3 is 4.74 Å². The van der Waals surface area contributed by atoms with Crippen LogP contribution in [0.25, 0.3) is 0 Å². The SMILES string of the molecule is C#CCOc1cc(C(C)(C)C)ccc1C. The van der Waals surface area contributed by atoms with E-state index in [1.807, 2.05) is 6.92 Å². The van der Waals surface area contributed by atoms with Crippen molar-refractivity contribution in [2.45, 2.75) is 33.1 Å². The minimum absolute atomic E-state index is 0.141. The van der Waals surface area contributed by atoms with Crippen LogP contribution in [0.1, 0.15) is 31.9 Å². The van der Waals surface area contributed by atoms with Crippen LogP contribution in [-0.4, -0.2) is 6.61 Å². The van der Waals surface area contributed by atoms with Crippen LogP contribution in [0, 0.1) is 19.3 Å².